The molecule has 94 valence electrons. The number of halogens is 1. The van der Waals surface area contributed by atoms with Crippen LogP contribution < -0.4 is 11.1 Å². The fourth-order valence-corrected chi connectivity index (χ4v) is 1.74. The number of nitrogens with zero attached hydrogens (tertiary/aromatic N) is 2. The third-order valence-corrected chi connectivity index (χ3v) is 2.70. The van der Waals surface area contributed by atoms with Crippen molar-refractivity contribution in [2.45, 2.75) is 6.54 Å². The van der Waals surface area contributed by atoms with Crippen molar-refractivity contribution in [3.05, 3.63) is 47.5 Å². The molecule has 0 atom stereocenters. The molecule has 0 radical (unpaired) electrons. The van der Waals surface area contributed by atoms with E-state index in [1.807, 2.05) is 19.3 Å². The molecule has 1 aromatic heterocycles. The van der Waals surface area contributed by atoms with Gasteiger partial charge in [-0.25, -0.2) is 4.39 Å². The quantitative estimate of drug-likeness (QED) is 0.827. The standard InChI is InChI=1S/C12H13FN4S/c1-17-5-4-9(16-17)7-15-8-2-3-10(12(14)18)11(13)6-8/h2-6,15H,7H2,1H3,(H2,14,18). The van der Waals surface area contributed by atoms with Gasteiger partial charge in [-0.3, -0.25) is 4.68 Å². The molecular weight excluding hydrogens is 251 g/mol. The summed E-state index contributed by atoms with van der Waals surface area (Å²) in [5.74, 6) is -0.423. The Kier molecular flexibility index (Phi) is 3.57. The molecule has 1 heterocycles. The lowest BCUT2D eigenvalue weighted by Crippen LogP contribution is -2.12. The van der Waals surface area contributed by atoms with E-state index in [0.717, 1.165) is 5.69 Å². The molecule has 0 bridgehead atoms. The lowest BCUT2D eigenvalue weighted by Gasteiger charge is -2.07. The van der Waals surface area contributed by atoms with Gasteiger partial charge < -0.3 is 11.1 Å². The molecule has 0 aliphatic rings. The molecule has 18 heavy (non-hydrogen) atoms. The Morgan fingerprint density at radius 3 is 2.83 bits per heavy atom. The van der Waals surface area contributed by atoms with E-state index in [1.54, 1.807) is 16.8 Å². The average molecular weight is 264 g/mol. The summed E-state index contributed by atoms with van der Waals surface area (Å²) in [5, 5.41) is 7.29. The Balaban J connectivity index is 2.06. The van der Waals surface area contributed by atoms with Gasteiger partial charge in [-0.05, 0) is 24.3 Å². The van der Waals surface area contributed by atoms with Crippen LogP contribution in [0.5, 0.6) is 0 Å². The summed E-state index contributed by atoms with van der Waals surface area (Å²) in [6, 6.07) is 6.57. The van der Waals surface area contributed by atoms with Crippen molar-refractivity contribution in [2.75, 3.05) is 5.32 Å². The van der Waals surface area contributed by atoms with Gasteiger partial charge in [0, 0.05) is 24.5 Å². The molecule has 2 rings (SSSR count). The molecule has 0 saturated carbocycles. The van der Waals surface area contributed by atoms with Crippen molar-refractivity contribution < 1.29 is 4.39 Å². The van der Waals surface area contributed by atoms with Gasteiger partial charge >= 0.3 is 0 Å². The Bertz CT molecular complexity index is 579. The van der Waals surface area contributed by atoms with Crippen molar-refractivity contribution in [3.8, 4) is 0 Å². The minimum Gasteiger partial charge on any atom is -0.389 e. The lowest BCUT2D eigenvalue weighted by molar-refractivity contribution is 0.626. The van der Waals surface area contributed by atoms with Crippen LogP contribution in [0, 0.1) is 5.82 Å². The maximum Gasteiger partial charge on any atom is 0.135 e. The normalized spacial score (nSPS) is 10.3. The SMILES string of the molecule is Cn1ccc(CNc2ccc(C(N)=S)c(F)c2)n1. The van der Waals surface area contributed by atoms with Crippen molar-refractivity contribution in [2.24, 2.45) is 12.8 Å². The van der Waals surface area contributed by atoms with E-state index in [-0.39, 0.29) is 10.6 Å². The summed E-state index contributed by atoms with van der Waals surface area (Å²) >= 11 is 4.74. The van der Waals surface area contributed by atoms with Crippen LogP contribution in [-0.4, -0.2) is 14.8 Å². The molecule has 0 saturated heterocycles. The van der Waals surface area contributed by atoms with Gasteiger partial charge in [0.05, 0.1) is 12.2 Å². The van der Waals surface area contributed by atoms with E-state index in [1.165, 1.54) is 6.07 Å². The zero-order valence-electron chi connectivity index (χ0n) is 9.85. The molecule has 4 nitrogen and oxygen atoms in total. The molecule has 0 amide bonds. The zero-order chi connectivity index (χ0) is 13.1. The van der Waals surface area contributed by atoms with Crippen molar-refractivity contribution >= 4 is 22.9 Å². The first-order chi connectivity index (χ1) is 8.56. The number of nitrogens with two attached hydrogens (primary N) is 1. The molecule has 0 spiro atoms. The molecule has 0 fully saturated rings. The maximum atomic E-state index is 13.6. The highest BCUT2D eigenvalue weighted by Crippen LogP contribution is 2.15. The van der Waals surface area contributed by atoms with Crippen LogP contribution in [0.4, 0.5) is 10.1 Å². The summed E-state index contributed by atoms with van der Waals surface area (Å²) in [5.41, 5.74) is 7.20. The molecule has 6 heteroatoms. The number of hydrogen-bond donors (Lipinski definition) is 2. The topological polar surface area (TPSA) is 55.9 Å². The minimum atomic E-state index is -0.423. The van der Waals surface area contributed by atoms with Gasteiger partial charge in [0.1, 0.15) is 10.8 Å². The molecule has 0 aliphatic carbocycles. The second kappa shape index (κ2) is 5.14. The van der Waals surface area contributed by atoms with Gasteiger partial charge in [0.25, 0.3) is 0 Å². The van der Waals surface area contributed by atoms with Crippen LogP contribution in [0.25, 0.3) is 0 Å². The number of benzene rings is 1. The maximum absolute atomic E-state index is 13.6. The minimum absolute atomic E-state index is 0.0591. The van der Waals surface area contributed by atoms with E-state index >= 15 is 0 Å². The summed E-state index contributed by atoms with van der Waals surface area (Å²) < 4.78 is 15.3. The van der Waals surface area contributed by atoms with Crippen LogP contribution in [0.15, 0.2) is 30.5 Å². The van der Waals surface area contributed by atoms with E-state index in [2.05, 4.69) is 10.4 Å². The molecular formula is C12H13FN4S. The first-order valence-corrected chi connectivity index (χ1v) is 5.79. The lowest BCUT2D eigenvalue weighted by atomic mass is 10.2. The van der Waals surface area contributed by atoms with E-state index in [0.29, 0.717) is 12.2 Å². The highest BCUT2D eigenvalue weighted by atomic mass is 32.1. The van der Waals surface area contributed by atoms with Gasteiger partial charge in [-0.15, -0.1) is 0 Å². The summed E-state index contributed by atoms with van der Waals surface area (Å²) in [4.78, 5) is 0.0591. The monoisotopic (exact) mass is 264 g/mol. The Morgan fingerprint density at radius 2 is 2.28 bits per heavy atom. The van der Waals surface area contributed by atoms with Crippen molar-refractivity contribution in [1.29, 1.82) is 0 Å². The van der Waals surface area contributed by atoms with Crippen LogP contribution in [0.1, 0.15) is 11.3 Å². The predicted octanol–water partition coefficient (Wildman–Crippen LogP) is 1.81. The number of anilines is 1. The van der Waals surface area contributed by atoms with Crippen LogP contribution >= 0.6 is 12.2 Å². The first-order valence-electron chi connectivity index (χ1n) is 5.38. The van der Waals surface area contributed by atoms with Crippen molar-refractivity contribution in [3.63, 3.8) is 0 Å². The number of aromatic nitrogens is 2. The number of aryl methyl sites for hydroxylation is 1. The molecule has 2 aromatic rings. The molecule has 0 aliphatic heterocycles. The molecule has 1 aromatic carbocycles. The van der Waals surface area contributed by atoms with Crippen LogP contribution in [-0.2, 0) is 13.6 Å². The van der Waals surface area contributed by atoms with Gasteiger partial charge in [-0.2, -0.15) is 5.10 Å². The van der Waals surface area contributed by atoms with Gasteiger partial charge in [0.15, 0.2) is 0 Å². The average Bonchev–Trinajstić information content (AvgIpc) is 2.72. The largest absolute Gasteiger partial charge is 0.389 e. The smallest absolute Gasteiger partial charge is 0.135 e. The summed E-state index contributed by atoms with van der Waals surface area (Å²) in [6.07, 6.45) is 1.85. The van der Waals surface area contributed by atoms with Crippen LogP contribution in [0.2, 0.25) is 0 Å². The fraction of sp³-hybridized carbons (Fsp3) is 0.167. The number of rotatable bonds is 4. The molecule has 3 N–H and O–H groups in total. The second-order valence-electron chi connectivity index (χ2n) is 3.89. The van der Waals surface area contributed by atoms with Gasteiger partial charge in [0.2, 0.25) is 0 Å². The third kappa shape index (κ3) is 2.84. The van der Waals surface area contributed by atoms with Crippen LogP contribution in [0.3, 0.4) is 0 Å². The Labute approximate surface area is 110 Å². The summed E-state index contributed by atoms with van der Waals surface area (Å²) in [7, 11) is 1.85. The van der Waals surface area contributed by atoms with E-state index < -0.39 is 5.82 Å². The number of hydrogen-bond acceptors (Lipinski definition) is 3. The second-order valence-corrected chi connectivity index (χ2v) is 4.33. The number of nitrogens with one attached hydrogen (secondary N) is 1. The van der Waals surface area contributed by atoms with E-state index in [9.17, 15) is 4.39 Å². The predicted molar refractivity (Wildman–Crippen MR) is 72.8 cm³/mol. The summed E-state index contributed by atoms with van der Waals surface area (Å²) in [6.45, 7) is 0.534. The van der Waals surface area contributed by atoms with Gasteiger partial charge in [-0.1, -0.05) is 12.2 Å². The third-order valence-electron chi connectivity index (χ3n) is 2.48. The Morgan fingerprint density at radius 1 is 1.50 bits per heavy atom. The van der Waals surface area contributed by atoms with Crippen molar-refractivity contribution in [1.82, 2.24) is 9.78 Å². The number of thiocarbonyl (C=S) groups is 1. The molecule has 0 unspecified atom stereocenters. The fourth-order valence-electron chi connectivity index (χ4n) is 1.57. The Hall–Kier alpha value is -1.95. The van der Waals surface area contributed by atoms with E-state index in [4.69, 9.17) is 18.0 Å². The highest BCUT2D eigenvalue weighted by molar-refractivity contribution is 7.80. The first kappa shape index (κ1) is 12.5. The zero-order valence-corrected chi connectivity index (χ0v) is 10.7. The highest BCUT2D eigenvalue weighted by Gasteiger charge is 2.06.